The van der Waals surface area contributed by atoms with E-state index in [2.05, 4.69) is 19.2 Å². The lowest BCUT2D eigenvalue weighted by atomic mass is 10.1. The highest BCUT2D eigenvalue weighted by Gasteiger charge is 2.20. The van der Waals surface area contributed by atoms with Crippen LogP contribution in [-0.2, 0) is 10.0 Å². The Bertz CT molecular complexity index is 482. The fourth-order valence-electron chi connectivity index (χ4n) is 1.53. The third-order valence-corrected chi connectivity index (χ3v) is 4.56. The summed E-state index contributed by atoms with van der Waals surface area (Å²) < 4.78 is 25.5. The molecule has 0 saturated carbocycles. The van der Waals surface area contributed by atoms with E-state index in [1.807, 2.05) is 6.07 Å². The maximum atomic E-state index is 12.1. The lowest BCUT2D eigenvalue weighted by Gasteiger charge is -2.16. The van der Waals surface area contributed by atoms with Crippen molar-refractivity contribution in [2.75, 3.05) is 26.0 Å². The van der Waals surface area contributed by atoms with Gasteiger partial charge in [0.2, 0.25) is 10.0 Å². The van der Waals surface area contributed by atoms with Gasteiger partial charge in [-0.3, -0.25) is 0 Å². The summed E-state index contributed by atoms with van der Waals surface area (Å²) >= 11 is 0. The Morgan fingerprint density at radius 1 is 1.22 bits per heavy atom. The summed E-state index contributed by atoms with van der Waals surface area (Å²) in [5.41, 5.74) is 0.673. The van der Waals surface area contributed by atoms with Gasteiger partial charge in [0, 0.05) is 20.6 Å². The molecule has 1 rings (SSSR count). The number of rotatable bonds is 6. The summed E-state index contributed by atoms with van der Waals surface area (Å²) in [6, 6.07) is 7.01. The quantitative estimate of drug-likeness (QED) is 0.863. The molecule has 0 aromatic heterocycles. The van der Waals surface area contributed by atoms with Crippen molar-refractivity contribution < 1.29 is 8.42 Å². The zero-order valence-corrected chi connectivity index (χ0v) is 12.3. The molecule has 0 fully saturated rings. The SMILES string of the molecule is CC(C)CCNc1ccccc1S(=O)(=O)N(C)C. The number of para-hydroxylation sites is 1. The van der Waals surface area contributed by atoms with Crippen molar-refractivity contribution >= 4 is 15.7 Å². The van der Waals surface area contributed by atoms with Gasteiger partial charge in [-0.1, -0.05) is 26.0 Å². The molecule has 1 aromatic carbocycles. The van der Waals surface area contributed by atoms with Crippen LogP contribution in [0.4, 0.5) is 5.69 Å². The summed E-state index contributed by atoms with van der Waals surface area (Å²) in [6.07, 6.45) is 1.01. The first-order valence-corrected chi connectivity index (χ1v) is 7.55. The van der Waals surface area contributed by atoms with Gasteiger partial charge in [0.1, 0.15) is 4.90 Å². The van der Waals surface area contributed by atoms with Crippen molar-refractivity contribution in [1.29, 1.82) is 0 Å². The molecular formula is C13H22N2O2S. The van der Waals surface area contributed by atoms with E-state index in [4.69, 9.17) is 0 Å². The van der Waals surface area contributed by atoms with E-state index in [9.17, 15) is 8.42 Å². The Kier molecular flexibility index (Phi) is 5.16. The van der Waals surface area contributed by atoms with Gasteiger partial charge >= 0.3 is 0 Å². The smallest absolute Gasteiger partial charge is 0.244 e. The minimum Gasteiger partial charge on any atom is -0.384 e. The van der Waals surface area contributed by atoms with Crippen molar-refractivity contribution in [2.45, 2.75) is 25.2 Å². The van der Waals surface area contributed by atoms with Crippen LogP contribution in [0.1, 0.15) is 20.3 Å². The van der Waals surface area contributed by atoms with Crippen LogP contribution in [0.25, 0.3) is 0 Å². The first kappa shape index (κ1) is 15.0. The van der Waals surface area contributed by atoms with Crippen molar-refractivity contribution in [3.63, 3.8) is 0 Å². The van der Waals surface area contributed by atoms with Crippen LogP contribution in [0, 0.1) is 5.92 Å². The number of sulfonamides is 1. The molecule has 0 spiro atoms. The molecule has 18 heavy (non-hydrogen) atoms. The van der Waals surface area contributed by atoms with Crippen molar-refractivity contribution in [3.05, 3.63) is 24.3 Å². The zero-order valence-electron chi connectivity index (χ0n) is 11.5. The largest absolute Gasteiger partial charge is 0.384 e. The number of benzene rings is 1. The minimum atomic E-state index is -3.39. The molecule has 0 amide bonds. The lowest BCUT2D eigenvalue weighted by Crippen LogP contribution is -2.23. The molecule has 0 saturated heterocycles. The summed E-state index contributed by atoms with van der Waals surface area (Å²) in [5.74, 6) is 0.593. The van der Waals surface area contributed by atoms with Gasteiger partial charge in [-0.2, -0.15) is 0 Å². The van der Waals surface area contributed by atoms with Gasteiger partial charge in [0.05, 0.1) is 5.69 Å². The summed E-state index contributed by atoms with van der Waals surface area (Å²) in [5, 5.41) is 3.20. The fraction of sp³-hybridized carbons (Fsp3) is 0.538. The molecule has 0 aliphatic carbocycles. The van der Waals surface area contributed by atoms with Crippen LogP contribution in [-0.4, -0.2) is 33.4 Å². The lowest BCUT2D eigenvalue weighted by molar-refractivity contribution is 0.521. The summed E-state index contributed by atoms with van der Waals surface area (Å²) in [6.45, 7) is 5.06. The first-order valence-electron chi connectivity index (χ1n) is 6.11. The fourth-order valence-corrected chi connectivity index (χ4v) is 2.59. The van der Waals surface area contributed by atoms with Gasteiger partial charge in [-0.05, 0) is 24.5 Å². The normalized spacial score (nSPS) is 12.1. The van der Waals surface area contributed by atoms with Crippen molar-refractivity contribution in [3.8, 4) is 0 Å². The third kappa shape index (κ3) is 3.71. The average Bonchev–Trinajstić information content (AvgIpc) is 2.28. The molecule has 0 atom stereocenters. The average molecular weight is 270 g/mol. The summed E-state index contributed by atoms with van der Waals surface area (Å²) in [4.78, 5) is 0.332. The number of hydrogen-bond acceptors (Lipinski definition) is 3. The molecule has 102 valence electrons. The maximum absolute atomic E-state index is 12.1. The first-order chi connectivity index (χ1) is 8.35. The Hall–Kier alpha value is -1.07. The molecule has 1 aromatic rings. The van der Waals surface area contributed by atoms with Crippen molar-refractivity contribution in [2.24, 2.45) is 5.92 Å². The Morgan fingerprint density at radius 2 is 1.83 bits per heavy atom. The Labute approximate surface area is 110 Å². The van der Waals surface area contributed by atoms with E-state index >= 15 is 0 Å². The third-order valence-electron chi connectivity index (χ3n) is 2.68. The van der Waals surface area contributed by atoms with E-state index in [0.29, 0.717) is 16.5 Å². The van der Waals surface area contributed by atoms with Crippen LogP contribution in [0.5, 0.6) is 0 Å². The van der Waals surface area contributed by atoms with Gasteiger partial charge in [0.25, 0.3) is 0 Å². The summed E-state index contributed by atoms with van der Waals surface area (Å²) in [7, 11) is -0.304. The molecule has 0 radical (unpaired) electrons. The van der Waals surface area contributed by atoms with Gasteiger partial charge in [-0.15, -0.1) is 0 Å². The molecule has 5 heteroatoms. The monoisotopic (exact) mass is 270 g/mol. The van der Waals surface area contributed by atoms with E-state index in [1.54, 1.807) is 32.3 Å². The molecule has 4 nitrogen and oxygen atoms in total. The molecule has 1 N–H and O–H groups in total. The highest BCUT2D eigenvalue weighted by molar-refractivity contribution is 7.89. The Balaban J connectivity index is 2.94. The van der Waals surface area contributed by atoms with Gasteiger partial charge in [-0.25, -0.2) is 12.7 Å². The topological polar surface area (TPSA) is 49.4 Å². The van der Waals surface area contributed by atoms with E-state index in [-0.39, 0.29) is 0 Å². The number of anilines is 1. The molecule has 0 unspecified atom stereocenters. The second-order valence-corrected chi connectivity index (χ2v) is 7.01. The predicted molar refractivity (Wildman–Crippen MR) is 75.3 cm³/mol. The van der Waals surface area contributed by atoms with E-state index in [1.165, 1.54) is 4.31 Å². The molecule has 0 bridgehead atoms. The predicted octanol–water partition coefficient (Wildman–Crippen LogP) is 2.39. The highest BCUT2D eigenvalue weighted by atomic mass is 32.2. The number of nitrogens with one attached hydrogen (secondary N) is 1. The standard InChI is InChI=1S/C13H22N2O2S/c1-11(2)9-10-14-12-7-5-6-8-13(12)18(16,17)15(3)4/h5-8,11,14H,9-10H2,1-4H3. The second kappa shape index (κ2) is 6.20. The highest BCUT2D eigenvalue weighted by Crippen LogP contribution is 2.23. The van der Waals surface area contributed by atoms with Crippen LogP contribution in [0.15, 0.2) is 29.2 Å². The van der Waals surface area contributed by atoms with Gasteiger partial charge < -0.3 is 5.32 Å². The number of hydrogen-bond donors (Lipinski definition) is 1. The van der Waals surface area contributed by atoms with E-state index in [0.717, 1.165) is 13.0 Å². The molecule has 0 aliphatic heterocycles. The molecule has 0 aliphatic rings. The maximum Gasteiger partial charge on any atom is 0.244 e. The van der Waals surface area contributed by atoms with Crippen LogP contribution in [0.3, 0.4) is 0 Å². The zero-order chi connectivity index (χ0) is 13.8. The minimum absolute atomic E-state index is 0.332. The second-order valence-electron chi connectivity index (χ2n) is 4.89. The van der Waals surface area contributed by atoms with Gasteiger partial charge in [0.15, 0.2) is 0 Å². The van der Waals surface area contributed by atoms with E-state index < -0.39 is 10.0 Å². The molecule has 0 heterocycles. The molecular weight excluding hydrogens is 248 g/mol. The van der Waals surface area contributed by atoms with Crippen molar-refractivity contribution in [1.82, 2.24) is 4.31 Å². The number of nitrogens with zero attached hydrogens (tertiary/aromatic N) is 1. The van der Waals surface area contributed by atoms with Crippen LogP contribution in [0.2, 0.25) is 0 Å². The van der Waals surface area contributed by atoms with Crippen LogP contribution >= 0.6 is 0 Å². The Morgan fingerprint density at radius 3 is 2.39 bits per heavy atom. The van der Waals surface area contributed by atoms with Crippen LogP contribution < -0.4 is 5.32 Å².